The van der Waals surface area contributed by atoms with Crippen molar-refractivity contribution in [2.75, 3.05) is 6.61 Å². The molecular weight excluding hydrogens is 454 g/mol. The molecule has 0 saturated heterocycles. The Morgan fingerprint density at radius 2 is 1.62 bits per heavy atom. The first-order chi connectivity index (χ1) is 16.3. The molecular formula is C25H27N3O5S. The predicted octanol–water partition coefficient (Wildman–Crippen LogP) is 3.48. The van der Waals surface area contributed by atoms with E-state index in [0.717, 1.165) is 12.0 Å². The summed E-state index contributed by atoms with van der Waals surface area (Å²) in [4.78, 5) is 28.2. The summed E-state index contributed by atoms with van der Waals surface area (Å²) in [6, 6.07) is 16.0. The summed E-state index contributed by atoms with van der Waals surface area (Å²) < 4.78 is 33.1. The maximum atomic E-state index is 12.5. The molecule has 3 aromatic rings. The summed E-state index contributed by atoms with van der Waals surface area (Å²) in [5.41, 5.74) is 2.38. The van der Waals surface area contributed by atoms with Crippen molar-refractivity contribution in [3.8, 4) is 5.88 Å². The van der Waals surface area contributed by atoms with Crippen LogP contribution in [-0.2, 0) is 23.1 Å². The lowest BCUT2D eigenvalue weighted by Gasteiger charge is -2.11. The van der Waals surface area contributed by atoms with Crippen molar-refractivity contribution >= 4 is 21.7 Å². The van der Waals surface area contributed by atoms with Gasteiger partial charge in [0.25, 0.3) is 5.91 Å². The zero-order chi connectivity index (χ0) is 24.6. The van der Waals surface area contributed by atoms with Crippen molar-refractivity contribution in [3.63, 3.8) is 0 Å². The maximum absolute atomic E-state index is 12.5. The maximum Gasteiger partial charge on any atom is 0.251 e. The highest BCUT2D eigenvalue weighted by Gasteiger charge is 2.15. The Balaban J connectivity index is 1.56. The Morgan fingerprint density at radius 1 is 0.941 bits per heavy atom. The number of hydrogen-bond donors (Lipinski definition) is 2. The van der Waals surface area contributed by atoms with Crippen LogP contribution in [0.4, 0.5) is 0 Å². The average Bonchev–Trinajstić information content (AvgIpc) is 2.85. The van der Waals surface area contributed by atoms with Gasteiger partial charge in [-0.3, -0.25) is 9.59 Å². The molecule has 0 aliphatic heterocycles. The molecule has 2 aromatic carbocycles. The van der Waals surface area contributed by atoms with Crippen LogP contribution in [-0.4, -0.2) is 31.7 Å². The minimum Gasteiger partial charge on any atom is -0.477 e. The smallest absolute Gasteiger partial charge is 0.251 e. The molecule has 178 valence electrons. The van der Waals surface area contributed by atoms with Crippen molar-refractivity contribution in [1.29, 1.82) is 0 Å². The second-order valence-corrected chi connectivity index (χ2v) is 9.37. The largest absolute Gasteiger partial charge is 0.477 e. The van der Waals surface area contributed by atoms with E-state index in [1.54, 1.807) is 36.5 Å². The quantitative estimate of drug-likeness (QED) is 0.405. The number of nitrogens with zero attached hydrogens (tertiary/aromatic N) is 1. The Labute approximate surface area is 199 Å². The van der Waals surface area contributed by atoms with Crippen LogP contribution in [0.25, 0.3) is 0 Å². The van der Waals surface area contributed by atoms with Gasteiger partial charge in [-0.25, -0.2) is 18.1 Å². The van der Waals surface area contributed by atoms with Gasteiger partial charge in [-0.1, -0.05) is 37.3 Å². The summed E-state index contributed by atoms with van der Waals surface area (Å²) in [6.45, 7) is 4.31. The minimum atomic E-state index is -3.74. The van der Waals surface area contributed by atoms with E-state index in [1.807, 2.05) is 13.0 Å². The number of sulfonamides is 1. The molecule has 0 saturated carbocycles. The number of carbonyl (C=O) groups is 2. The molecule has 0 aliphatic rings. The molecule has 0 fully saturated rings. The van der Waals surface area contributed by atoms with E-state index in [2.05, 4.69) is 15.0 Å². The van der Waals surface area contributed by atoms with Crippen molar-refractivity contribution in [3.05, 3.63) is 89.1 Å². The predicted molar refractivity (Wildman–Crippen MR) is 128 cm³/mol. The molecule has 1 amide bonds. The van der Waals surface area contributed by atoms with Gasteiger partial charge >= 0.3 is 0 Å². The lowest BCUT2D eigenvalue weighted by Crippen LogP contribution is -2.24. The number of ether oxygens (including phenoxy) is 1. The first-order valence-electron chi connectivity index (χ1n) is 10.8. The number of hydrogen-bond acceptors (Lipinski definition) is 6. The lowest BCUT2D eigenvalue weighted by molar-refractivity contribution is 0.0949. The van der Waals surface area contributed by atoms with Gasteiger partial charge < -0.3 is 10.1 Å². The van der Waals surface area contributed by atoms with E-state index in [4.69, 9.17) is 4.74 Å². The molecule has 34 heavy (non-hydrogen) atoms. The number of Topliss-reactive ketones (excluding diaryl/α,β-unsaturated/α-hetero) is 1. The molecule has 8 nitrogen and oxygen atoms in total. The Hall–Kier alpha value is -3.56. The van der Waals surface area contributed by atoms with Crippen LogP contribution in [0.5, 0.6) is 5.88 Å². The van der Waals surface area contributed by atoms with Crippen LogP contribution in [0, 0.1) is 0 Å². The molecule has 1 heterocycles. The first kappa shape index (κ1) is 25.1. The Bertz CT molecular complexity index is 1240. The Kier molecular flexibility index (Phi) is 8.50. The van der Waals surface area contributed by atoms with Crippen LogP contribution in [0.15, 0.2) is 71.8 Å². The highest BCUT2D eigenvalue weighted by Crippen LogP contribution is 2.15. The van der Waals surface area contributed by atoms with E-state index in [9.17, 15) is 18.0 Å². The van der Waals surface area contributed by atoms with Crippen molar-refractivity contribution in [1.82, 2.24) is 15.0 Å². The summed E-state index contributed by atoms with van der Waals surface area (Å²) >= 11 is 0. The van der Waals surface area contributed by atoms with Gasteiger partial charge in [-0.2, -0.15) is 0 Å². The monoisotopic (exact) mass is 481 g/mol. The molecule has 0 radical (unpaired) electrons. The number of carbonyl (C=O) groups excluding carboxylic acids is 2. The third-order valence-corrected chi connectivity index (χ3v) is 6.40. The molecule has 0 spiro atoms. The number of nitrogens with one attached hydrogen (secondary N) is 2. The second kappa shape index (κ2) is 11.5. The molecule has 0 bridgehead atoms. The first-order valence-corrected chi connectivity index (χ1v) is 12.3. The van der Waals surface area contributed by atoms with Gasteiger partial charge in [0.2, 0.25) is 15.9 Å². The Morgan fingerprint density at radius 3 is 2.26 bits per heavy atom. The van der Waals surface area contributed by atoms with Crippen molar-refractivity contribution in [2.24, 2.45) is 0 Å². The van der Waals surface area contributed by atoms with E-state index in [0.29, 0.717) is 29.2 Å². The lowest BCUT2D eigenvalue weighted by atomic mass is 10.1. The average molecular weight is 482 g/mol. The van der Waals surface area contributed by atoms with Crippen LogP contribution < -0.4 is 14.8 Å². The summed E-state index contributed by atoms with van der Waals surface area (Å²) in [7, 11) is -3.74. The highest BCUT2D eigenvalue weighted by atomic mass is 32.2. The minimum absolute atomic E-state index is 0.0620. The summed E-state index contributed by atoms with van der Waals surface area (Å²) in [5.74, 6) is 0.109. The van der Waals surface area contributed by atoms with Gasteiger partial charge in [0.1, 0.15) is 0 Å². The molecule has 0 aliphatic carbocycles. The van der Waals surface area contributed by atoms with Crippen molar-refractivity contribution < 1.29 is 22.7 Å². The van der Waals surface area contributed by atoms with Crippen LogP contribution in [0.3, 0.4) is 0 Å². The number of amides is 1. The van der Waals surface area contributed by atoms with Gasteiger partial charge in [0.05, 0.1) is 11.5 Å². The standard InChI is InChI=1S/C25H27N3O5S/c1-3-15-33-25-22(5-4-14-26-25)17-27-24(30)21-8-6-19(7-9-21)16-28-34(31,32)23-12-10-20(11-13-23)18(2)29/h4-14,28H,3,15-17H2,1-2H3,(H,27,30). The number of aromatic nitrogens is 1. The molecule has 1 aromatic heterocycles. The van der Waals surface area contributed by atoms with Gasteiger partial charge in [0, 0.05) is 36.0 Å². The number of benzene rings is 2. The van der Waals surface area contributed by atoms with Crippen LogP contribution in [0.2, 0.25) is 0 Å². The molecule has 0 unspecified atom stereocenters. The third kappa shape index (κ3) is 6.72. The van der Waals surface area contributed by atoms with Gasteiger partial charge in [0.15, 0.2) is 5.78 Å². The van der Waals surface area contributed by atoms with E-state index in [-0.39, 0.29) is 29.7 Å². The zero-order valence-electron chi connectivity index (χ0n) is 19.1. The molecule has 9 heteroatoms. The van der Waals surface area contributed by atoms with Gasteiger partial charge in [-0.15, -0.1) is 0 Å². The normalized spacial score (nSPS) is 11.1. The van der Waals surface area contributed by atoms with Crippen LogP contribution >= 0.6 is 0 Å². The topological polar surface area (TPSA) is 114 Å². The fourth-order valence-electron chi connectivity index (χ4n) is 3.07. The number of rotatable bonds is 11. The highest BCUT2D eigenvalue weighted by molar-refractivity contribution is 7.89. The van der Waals surface area contributed by atoms with Gasteiger partial charge in [-0.05, 0) is 49.2 Å². The third-order valence-electron chi connectivity index (χ3n) is 4.99. The van der Waals surface area contributed by atoms with E-state index < -0.39 is 10.0 Å². The summed E-state index contributed by atoms with van der Waals surface area (Å²) in [5, 5.41) is 2.85. The number of ketones is 1. The fourth-order valence-corrected chi connectivity index (χ4v) is 4.09. The van der Waals surface area contributed by atoms with Crippen LogP contribution in [0.1, 0.15) is 52.1 Å². The zero-order valence-corrected chi connectivity index (χ0v) is 19.9. The summed E-state index contributed by atoms with van der Waals surface area (Å²) in [6.07, 6.45) is 2.50. The molecule has 2 N–H and O–H groups in total. The fraction of sp³-hybridized carbons (Fsp3) is 0.240. The second-order valence-electron chi connectivity index (χ2n) is 7.60. The van der Waals surface area contributed by atoms with E-state index in [1.165, 1.54) is 31.2 Å². The van der Waals surface area contributed by atoms with Crippen molar-refractivity contribution in [2.45, 2.75) is 38.3 Å². The molecule has 3 rings (SSSR count). The SMILES string of the molecule is CCCOc1ncccc1CNC(=O)c1ccc(CNS(=O)(=O)c2ccc(C(C)=O)cc2)cc1. The number of pyridine rings is 1. The van der Waals surface area contributed by atoms with E-state index >= 15 is 0 Å². The molecule has 0 atom stereocenters.